The molecule has 1 unspecified atom stereocenters. The molecule has 1 aromatic heterocycles. The fourth-order valence-electron chi connectivity index (χ4n) is 1.35. The minimum Gasteiger partial charge on any atom is -0.312 e. The summed E-state index contributed by atoms with van der Waals surface area (Å²) in [4.78, 5) is 1.36. The van der Waals surface area contributed by atoms with E-state index in [-0.39, 0.29) is 0 Å². The van der Waals surface area contributed by atoms with Gasteiger partial charge in [0.1, 0.15) is 0 Å². The molecule has 0 spiro atoms. The number of rotatable bonds is 1. The largest absolute Gasteiger partial charge is 0.312 e. The van der Waals surface area contributed by atoms with Crippen LogP contribution < -0.4 is 5.32 Å². The van der Waals surface area contributed by atoms with E-state index in [0.29, 0.717) is 6.04 Å². The van der Waals surface area contributed by atoms with Gasteiger partial charge in [0.05, 0.1) is 16.6 Å². The molecule has 0 aromatic carbocycles. The highest BCUT2D eigenvalue weighted by Gasteiger charge is 2.24. The van der Waals surface area contributed by atoms with E-state index >= 15 is 0 Å². The van der Waals surface area contributed by atoms with Crippen molar-refractivity contribution in [3.05, 3.63) is 10.6 Å². The Morgan fingerprint density at radius 1 is 1.70 bits per heavy atom. The predicted molar refractivity (Wildman–Crippen MR) is 40.0 cm³/mol. The van der Waals surface area contributed by atoms with Crippen LogP contribution >= 0.6 is 11.5 Å². The number of hydrogen-bond donors (Lipinski definition) is 1. The van der Waals surface area contributed by atoms with Crippen LogP contribution in [-0.2, 0) is 6.42 Å². The third kappa shape index (κ3) is 0.759. The van der Waals surface area contributed by atoms with Gasteiger partial charge in [-0.1, -0.05) is 4.49 Å². The second-order valence-corrected chi connectivity index (χ2v) is 3.30. The van der Waals surface area contributed by atoms with Crippen LogP contribution in [0.15, 0.2) is 0 Å². The summed E-state index contributed by atoms with van der Waals surface area (Å²) in [7, 11) is 1.97. The van der Waals surface area contributed by atoms with Crippen molar-refractivity contribution in [1.82, 2.24) is 14.9 Å². The molecule has 0 saturated carbocycles. The lowest BCUT2D eigenvalue weighted by Gasteiger charge is -2.03. The molecule has 1 aliphatic rings. The lowest BCUT2D eigenvalue weighted by Crippen LogP contribution is -2.13. The van der Waals surface area contributed by atoms with E-state index < -0.39 is 0 Å². The zero-order valence-electron chi connectivity index (χ0n) is 5.79. The Morgan fingerprint density at radius 2 is 2.60 bits per heavy atom. The minimum atomic E-state index is 0.466. The Balaban J connectivity index is 2.34. The molecule has 0 fully saturated rings. The SMILES string of the molecule is CNC1CCc2snnc21. The van der Waals surface area contributed by atoms with Crippen LogP contribution in [0.1, 0.15) is 23.0 Å². The number of nitrogens with one attached hydrogen (secondary N) is 1. The van der Waals surface area contributed by atoms with Gasteiger partial charge in [-0.3, -0.25) is 0 Å². The molecule has 3 nitrogen and oxygen atoms in total. The van der Waals surface area contributed by atoms with Gasteiger partial charge >= 0.3 is 0 Å². The first kappa shape index (κ1) is 6.24. The van der Waals surface area contributed by atoms with Crippen molar-refractivity contribution in [1.29, 1.82) is 0 Å². The summed E-state index contributed by atoms with van der Waals surface area (Å²) >= 11 is 1.53. The second-order valence-electron chi connectivity index (χ2n) is 2.46. The molecule has 0 saturated heterocycles. The number of aryl methyl sites for hydroxylation is 1. The van der Waals surface area contributed by atoms with Crippen LogP contribution in [0, 0.1) is 0 Å². The van der Waals surface area contributed by atoms with E-state index in [0.717, 1.165) is 6.42 Å². The number of hydrogen-bond acceptors (Lipinski definition) is 4. The summed E-state index contributed by atoms with van der Waals surface area (Å²) in [5.41, 5.74) is 1.17. The molecule has 4 heteroatoms. The number of aromatic nitrogens is 2. The quantitative estimate of drug-likeness (QED) is 0.650. The molecule has 0 bridgehead atoms. The average Bonchev–Trinajstić information content (AvgIpc) is 2.44. The number of nitrogens with zero attached hydrogens (tertiary/aromatic N) is 2. The van der Waals surface area contributed by atoms with Gasteiger partial charge in [-0.15, -0.1) is 5.10 Å². The fourth-order valence-corrected chi connectivity index (χ4v) is 2.06. The van der Waals surface area contributed by atoms with Crippen molar-refractivity contribution >= 4 is 11.5 Å². The molecule has 1 N–H and O–H groups in total. The molecule has 54 valence electrons. The maximum Gasteiger partial charge on any atom is 0.0956 e. The Kier molecular flexibility index (Phi) is 1.43. The Labute approximate surface area is 63.6 Å². The first-order chi connectivity index (χ1) is 4.92. The fraction of sp³-hybridized carbons (Fsp3) is 0.667. The first-order valence-corrected chi connectivity index (χ1v) is 4.17. The van der Waals surface area contributed by atoms with Gasteiger partial charge in [-0.2, -0.15) is 0 Å². The molecule has 1 heterocycles. The lowest BCUT2D eigenvalue weighted by molar-refractivity contribution is 0.574. The first-order valence-electron chi connectivity index (χ1n) is 3.40. The smallest absolute Gasteiger partial charge is 0.0956 e. The zero-order chi connectivity index (χ0) is 6.97. The van der Waals surface area contributed by atoms with Crippen LogP contribution in [0.5, 0.6) is 0 Å². The Morgan fingerprint density at radius 3 is 3.40 bits per heavy atom. The summed E-state index contributed by atoms with van der Waals surface area (Å²) in [5.74, 6) is 0. The molecule has 0 aliphatic heterocycles. The van der Waals surface area contributed by atoms with Gasteiger partial charge in [0, 0.05) is 0 Å². The Bertz CT molecular complexity index is 233. The predicted octanol–water partition coefficient (Wildman–Crippen LogP) is 0.745. The molecule has 0 amide bonds. The summed E-state index contributed by atoms with van der Waals surface area (Å²) in [5, 5.41) is 7.27. The summed E-state index contributed by atoms with van der Waals surface area (Å²) in [6.45, 7) is 0. The maximum absolute atomic E-state index is 4.06. The molecule has 1 atom stereocenters. The van der Waals surface area contributed by atoms with Crippen molar-refractivity contribution in [2.24, 2.45) is 0 Å². The summed E-state index contributed by atoms with van der Waals surface area (Å²) in [6.07, 6.45) is 2.34. The molecule has 10 heavy (non-hydrogen) atoms. The van der Waals surface area contributed by atoms with E-state index in [1.54, 1.807) is 0 Å². The lowest BCUT2D eigenvalue weighted by atomic mass is 10.2. The zero-order valence-corrected chi connectivity index (χ0v) is 6.61. The molecule has 1 aliphatic carbocycles. The monoisotopic (exact) mass is 155 g/mol. The third-order valence-corrected chi connectivity index (χ3v) is 2.72. The van der Waals surface area contributed by atoms with Gasteiger partial charge in [0.2, 0.25) is 0 Å². The van der Waals surface area contributed by atoms with Gasteiger partial charge in [-0.05, 0) is 31.4 Å². The van der Waals surface area contributed by atoms with E-state index in [1.807, 2.05) is 7.05 Å². The normalized spacial score (nSPS) is 23.1. The molecular weight excluding hydrogens is 146 g/mol. The van der Waals surface area contributed by atoms with Crippen molar-refractivity contribution in [3.8, 4) is 0 Å². The summed E-state index contributed by atoms with van der Waals surface area (Å²) in [6, 6.07) is 0.466. The van der Waals surface area contributed by atoms with Crippen LogP contribution in [0.2, 0.25) is 0 Å². The van der Waals surface area contributed by atoms with Gasteiger partial charge < -0.3 is 5.32 Å². The standard InChI is InChI=1S/C6H9N3S/c1-7-4-2-3-5-6(4)8-9-10-5/h4,7H,2-3H2,1H3. The van der Waals surface area contributed by atoms with Crippen molar-refractivity contribution in [2.45, 2.75) is 18.9 Å². The van der Waals surface area contributed by atoms with Crippen molar-refractivity contribution in [3.63, 3.8) is 0 Å². The summed E-state index contributed by atoms with van der Waals surface area (Å²) < 4.78 is 3.89. The van der Waals surface area contributed by atoms with E-state index in [1.165, 1.54) is 28.5 Å². The maximum atomic E-state index is 4.06. The van der Waals surface area contributed by atoms with Crippen LogP contribution in [0.4, 0.5) is 0 Å². The van der Waals surface area contributed by atoms with E-state index in [9.17, 15) is 0 Å². The second kappa shape index (κ2) is 2.29. The van der Waals surface area contributed by atoms with Crippen LogP contribution in [0.25, 0.3) is 0 Å². The van der Waals surface area contributed by atoms with Crippen LogP contribution in [0.3, 0.4) is 0 Å². The number of fused-ring (bicyclic) bond motifs is 1. The van der Waals surface area contributed by atoms with Gasteiger partial charge in [0.15, 0.2) is 0 Å². The highest BCUT2D eigenvalue weighted by Crippen LogP contribution is 2.30. The third-order valence-electron chi connectivity index (χ3n) is 1.92. The molecular formula is C6H9N3S. The molecule has 0 radical (unpaired) electrons. The van der Waals surface area contributed by atoms with Gasteiger partial charge in [0.25, 0.3) is 0 Å². The van der Waals surface area contributed by atoms with Crippen molar-refractivity contribution in [2.75, 3.05) is 7.05 Å². The van der Waals surface area contributed by atoms with E-state index in [2.05, 4.69) is 14.9 Å². The van der Waals surface area contributed by atoms with E-state index in [4.69, 9.17) is 0 Å². The van der Waals surface area contributed by atoms with Crippen LogP contribution in [-0.4, -0.2) is 16.6 Å². The highest BCUT2D eigenvalue weighted by molar-refractivity contribution is 7.05. The minimum absolute atomic E-state index is 0.466. The average molecular weight is 155 g/mol. The van der Waals surface area contributed by atoms with Crippen molar-refractivity contribution < 1.29 is 0 Å². The molecule has 2 rings (SSSR count). The molecule has 1 aromatic rings. The Hall–Kier alpha value is -0.480. The highest BCUT2D eigenvalue weighted by atomic mass is 32.1. The van der Waals surface area contributed by atoms with Gasteiger partial charge in [-0.25, -0.2) is 0 Å². The topological polar surface area (TPSA) is 37.8 Å².